The first-order valence-electron chi connectivity index (χ1n) is 4.79. The van der Waals surface area contributed by atoms with Gasteiger partial charge in [-0.3, -0.25) is 0 Å². The first kappa shape index (κ1) is 9.05. The van der Waals surface area contributed by atoms with Crippen molar-refractivity contribution in [2.45, 2.75) is 45.1 Å². The van der Waals surface area contributed by atoms with Crippen molar-refractivity contribution >= 4 is 0 Å². The van der Waals surface area contributed by atoms with E-state index in [2.05, 4.69) is 13.8 Å². The lowest BCUT2D eigenvalue weighted by Gasteiger charge is -2.27. The minimum atomic E-state index is 0.462. The summed E-state index contributed by atoms with van der Waals surface area (Å²) in [6, 6.07) is 0. The van der Waals surface area contributed by atoms with Crippen molar-refractivity contribution in [1.82, 2.24) is 0 Å². The van der Waals surface area contributed by atoms with Crippen molar-refractivity contribution in [3.63, 3.8) is 0 Å². The highest BCUT2D eigenvalue weighted by atomic mass is 16.5. The molecule has 1 rings (SSSR count). The number of hydrogen-bond acceptors (Lipinski definition) is 1. The molecule has 0 aliphatic carbocycles. The van der Waals surface area contributed by atoms with Gasteiger partial charge in [-0.1, -0.05) is 13.3 Å². The van der Waals surface area contributed by atoms with Gasteiger partial charge in [0.2, 0.25) is 0 Å². The van der Waals surface area contributed by atoms with Crippen molar-refractivity contribution < 1.29 is 4.74 Å². The molecular weight excluding hydrogens is 136 g/mol. The zero-order valence-corrected chi connectivity index (χ0v) is 7.51. The molecule has 0 aromatic heterocycles. The van der Waals surface area contributed by atoms with Crippen LogP contribution in [-0.4, -0.2) is 12.7 Å². The molecule has 0 aromatic rings. The highest BCUT2D eigenvalue weighted by molar-refractivity contribution is 4.74. The molecule has 1 fully saturated rings. The van der Waals surface area contributed by atoms with Crippen LogP contribution < -0.4 is 0 Å². The summed E-state index contributed by atoms with van der Waals surface area (Å²) in [5, 5.41) is 0. The molecule has 1 saturated heterocycles. The van der Waals surface area contributed by atoms with E-state index in [-0.39, 0.29) is 0 Å². The van der Waals surface area contributed by atoms with Gasteiger partial charge in [0.1, 0.15) is 0 Å². The van der Waals surface area contributed by atoms with E-state index in [1.807, 2.05) is 0 Å². The zero-order chi connectivity index (χ0) is 8.10. The van der Waals surface area contributed by atoms with E-state index in [1.165, 1.54) is 32.1 Å². The Labute approximate surface area is 70.1 Å². The highest BCUT2D eigenvalue weighted by Gasteiger charge is 2.19. The molecule has 2 unspecified atom stereocenters. The molecule has 0 saturated carbocycles. The molecule has 0 amide bonds. The maximum atomic E-state index is 5.63. The normalized spacial score (nSPS) is 28.4. The molecule has 11 heavy (non-hydrogen) atoms. The summed E-state index contributed by atoms with van der Waals surface area (Å²) >= 11 is 0. The van der Waals surface area contributed by atoms with E-state index in [0.29, 0.717) is 12.0 Å². The van der Waals surface area contributed by atoms with Gasteiger partial charge < -0.3 is 4.74 Å². The van der Waals surface area contributed by atoms with Crippen LogP contribution in [0.25, 0.3) is 0 Å². The quantitative estimate of drug-likeness (QED) is 0.609. The maximum Gasteiger partial charge on any atom is 0.0603 e. The molecule has 1 heteroatoms. The van der Waals surface area contributed by atoms with E-state index < -0.39 is 0 Å². The second-order valence-corrected chi connectivity index (χ2v) is 3.45. The van der Waals surface area contributed by atoms with Crippen LogP contribution >= 0.6 is 0 Å². The Morgan fingerprint density at radius 3 is 2.91 bits per heavy atom. The van der Waals surface area contributed by atoms with Gasteiger partial charge in [-0.25, -0.2) is 0 Å². The lowest BCUT2D eigenvalue weighted by Crippen LogP contribution is -2.26. The van der Waals surface area contributed by atoms with Crippen molar-refractivity contribution in [3.8, 4) is 0 Å². The molecule has 1 nitrogen and oxygen atoms in total. The SMILES string of the molecule is [CH2]C(CCC)C1CCCCO1. The van der Waals surface area contributed by atoms with Gasteiger partial charge in [-0.2, -0.15) is 0 Å². The van der Waals surface area contributed by atoms with Gasteiger partial charge in [0.05, 0.1) is 6.10 Å². The standard InChI is InChI=1S/C10H19O/c1-3-6-9(2)10-7-4-5-8-11-10/h9-10H,2-8H2,1H3. The molecule has 65 valence electrons. The average Bonchev–Trinajstić information content (AvgIpc) is 2.07. The van der Waals surface area contributed by atoms with E-state index in [9.17, 15) is 0 Å². The second kappa shape index (κ2) is 4.76. The van der Waals surface area contributed by atoms with Gasteiger partial charge in [-0.15, -0.1) is 0 Å². The summed E-state index contributed by atoms with van der Waals surface area (Å²) in [4.78, 5) is 0. The van der Waals surface area contributed by atoms with Crippen LogP contribution in [0.4, 0.5) is 0 Å². The summed E-state index contributed by atoms with van der Waals surface area (Å²) < 4.78 is 5.63. The van der Waals surface area contributed by atoms with Gasteiger partial charge in [0.15, 0.2) is 0 Å². The van der Waals surface area contributed by atoms with Gasteiger partial charge >= 0.3 is 0 Å². The third kappa shape index (κ3) is 2.82. The zero-order valence-electron chi connectivity index (χ0n) is 7.51. The molecule has 0 spiro atoms. The Morgan fingerprint density at radius 2 is 2.36 bits per heavy atom. The Balaban J connectivity index is 2.21. The van der Waals surface area contributed by atoms with E-state index in [0.717, 1.165) is 6.61 Å². The van der Waals surface area contributed by atoms with E-state index in [4.69, 9.17) is 4.74 Å². The fourth-order valence-electron chi connectivity index (χ4n) is 1.69. The smallest absolute Gasteiger partial charge is 0.0603 e. The molecule has 0 aromatic carbocycles. The molecule has 1 heterocycles. The molecule has 2 atom stereocenters. The predicted molar refractivity (Wildman–Crippen MR) is 47.3 cm³/mol. The molecule has 0 N–H and O–H groups in total. The van der Waals surface area contributed by atoms with Gasteiger partial charge in [0.25, 0.3) is 0 Å². The maximum absolute atomic E-state index is 5.63. The lowest BCUT2D eigenvalue weighted by molar-refractivity contribution is -0.0116. The van der Waals surface area contributed by atoms with Crippen LogP contribution in [0.2, 0.25) is 0 Å². The number of rotatable bonds is 3. The first-order valence-corrected chi connectivity index (χ1v) is 4.79. The van der Waals surface area contributed by atoms with Crippen LogP contribution in [0, 0.1) is 12.8 Å². The van der Waals surface area contributed by atoms with Crippen LogP contribution in [0.1, 0.15) is 39.0 Å². The summed E-state index contributed by atoms with van der Waals surface area (Å²) in [7, 11) is 0. The van der Waals surface area contributed by atoms with Crippen LogP contribution in [0.5, 0.6) is 0 Å². The first-order chi connectivity index (χ1) is 5.34. The predicted octanol–water partition coefficient (Wildman–Crippen LogP) is 2.81. The number of hydrogen-bond donors (Lipinski definition) is 0. The molecule has 1 aliphatic rings. The minimum absolute atomic E-state index is 0.462. The van der Waals surface area contributed by atoms with E-state index in [1.54, 1.807) is 0 Å². The Bertz CT molecular complexity index is 95.0. The molecule has 1 radical (unpaired) electrons. The Kier molecular flexibility index (Phi) is 3.92. The third-order valence-corrected chi connectivity index (χ3v) is 2.40. The summed E-state index contributed by atoms with van der Waals surface area (Å²) in [5.74, 6) is 0.528. The molecule has 0 bridgehead atoms. The largest absolute Gasteiger partial charge is 0.378 e. The Hall–Kier alpha value is -0.0400. The Morgan fingerprint density at radius 1 is 1.55 bits per heavy atom. The molecular formula is C10H19O. The topological polar surface area (TPSA) is 9.23 Å². The third-order valence-electron chi connectivity index (χ3n) is 2.40. The monoisotopic (exact) mass is 155 g/mol. The van der Waals surface area contributed by atoms with Crippen molar-refractivity contribution in [2.75, 3.05) is 6.61 Å². The van der Waals surface area contributed by atoms with Crippen LogP contribution in [0.3, 0.4) is 0 Å². The van der Waals surface area contributed by atoms with Gasteiger partial charge in [0, 0.05) is 6.61 Å². The van der Waals surface area contributed by atoms with Crippen LogP contribution in [0.15, 0.2) is 0 Å². The van der Waals surface area contributed by atoms with Crippen molar-refractivity contribution in [3.05, 3.63) is 6.92 Å². The average molecular weight is 155 g/mol. The van der Waals surface area contributed by atoms with Crippen LogP contribution in [-0.2, 0) is 4.74 Å². The van der Waals surface area contributed by atoms with Gasteiger partial charge in [-0.05, 0) is 38.5 Å². The van der Waals surface area contributed by atoms with Crippen molar-refractivity contribution in [2.24, 2.45) is 5.92 Å². The fraction of sp³-hybridized carbons (Fsp3) is 0.900. The minimum Gasteiger partial charge on any atom is -0.378 e. The number of ether oxygens (including phenoxy) is 1. The molecule has 1 aliphatic heterocycles. The second-order valence-electron chi connectivity index (χ2n) is 3.45. The lowest BCUT2D eigenvalue weighted by atomic mass is 9.94. The highest BCUT2D eigenvalue weighted by Crippen LogP contribution is 2.22. The summed E-state index contributed by atoms with van der Waals surface area (Å²) in [5.41, 5.74) is 0. The fourth-order valence-corrected chi connectivity index (χ4v) is 1.69. The van der Waals surface area contributed by atoms with E-state index >= 15 is 0 Å². The van der Waals surface area contributed by atoms with Crippen molar-refractivity contribution in [1.29, 1.82) is 0 Å². The summed E-state index contributed by atoms with van der Waals surface area (Å²) in [6.45, 7) is 7.29. The summed E-state index contributed by atoms with van der Waals surface area (Å²) in [6.07, 6.45) is 6.71.